The highest BCUT2D eigenvalue weighted by molar-refractivity contribution is 6.24. The van der Waals surface area contributed by atoms with E-state index < -0.39 is 28.3 Å². The minimum atomic E-state index is -0.872. The number of pyridine rings is 1. The van der Waals surface area contributed by atoms with Gasteiger partial charge < -0.3 is 20.9 Å². The average molecular weight is 522 g/mol. The van der Waals surface area contributed by atoms with Crippen molar-refractivity contribution in [3.63, 3.8) is 0 Å². The van der Waals surface area contributed by atoms with Gasteiger partial charge in [-0.15, -0.1) is 0 Å². The molecule has 4 rings (SSSR count). The van der Waals surface area contributed by atoms with Crippen LogP contribution in [0.25, 0.3) is 0 Å². The standard InChI is InChI=1S/C26H25FN6O5/c1-16-23(24(28)35)25(36)33(32(16)2,17-6-4-3-5-7-17)18-8-9-21(20(27)14-18)38-19-10-11-29-22(15-19)31-26(37)30-12-13-34/h3-11,14-15,34H,12-13H2,1-2H3,(H3-,28,29,30,31,35,37)/p+1. The van der Waals surface area contributed by atoms with Gasteiger partial charge >= 0.3 is 11.9 Å². The lowest BCUT2D eigenvalue weighted by molar-refractivity contribution is -0.130. The zero-order valence-corrected chi connectivity index (χ0v) is 20.6. The fraction of sp³-hybridized carbons (Fsp3) is 0.154. The van der Waals surface area contributed by atoms with E-state index in [0.29, 0.717) is 11.4 Å². The van der Waals surface area contributed by atoms with Crippen LogP contribution in [-0.2, 0) is 9.59 Å². The minimum Gasteiger partial charge on any atom is -0.454 e. The van der Waals surface area contributed by atoms with Gasteiger partial charge in [-0.2, -0.15) is 0 Å². The van der Waals surface area contributed by atoms with Crippen LogP contribution in [0.1, 0.15) is 6.92 Å². The number of ether oxygens (including phenoxy) is 1. The molecule has 0 saturated heterocycles. The molecule has 196 valence electrons. The maximum absolute atomic E-state index is 15.4. The second-order valence-electron chi connectivity index (χ2n) is 8.32. The van der Waals surface area contributed by atoms with Crippen LogP contribution in [0.5, 0.6) is 11.5 Å². The number of aliphatic hydroxyl groups excluding tert-OH is 1. The highest BCUT2D eigenvalue weighted by Gasteiger charge is 2.56. The van der Waals surface area contributed by atoms with Crippen molar-refractivity contribution in [3.05, 3.63) is 83.9 Å². The number of hydrogen-bond donors (Lipinski definition) is 4. The number of para-hydroxylation sites is 1. The summed E-state index contributed by atoms with van der Waals surface area (Å²) in [6, 6.07) is 15.0. The molecule has 0 aliphatic carbocycles. The molecule has 1 aromatic heterocycles. The van der Waals surface area contributed by atoms with Crippen molar-refractivity contribution >= 4 is 35.0 Å². The number of anilines is 1. The summed E-state index contributed by atoms with van der Waals surface area (Å²) >= 11 is 0. The number of nitrogens with two attached hydrogens (primary N) is 1. The number of hydrogen-bond acceptors (Lipinski definition) is 7. The van der Waals surface area contributed by atoms with E-state index in [-0.39, 0.29) is 41.7 Å². The minimum absolute atomic E-state index is 0.0657. The van der Waals surface area contributed by atoms with Crippen LogP contribution in [0.15, 0.2) is 78.1 Å². The summed E-state index contributed by atoms with van der Waals surface area (Å²) in [6.45, 7) is 1.45. The highest BCUT2D eigenvalue weighted by atomic mass is 19.1. The largest absolute Gasteiger partial charge is 0.454 e. The Morgan fingerprint density at radius 3 is 2.50 bits per heavy atom. The molecular weight excluding hydrogens is 495 g/mol. The fourth-order valence-corrected chi connectivity index (χ4v) is 4.27. The van der Waals surface area contributed by atoms with Crippen molar-refractivity contribution < 1.29 is 28.6 Å². The Hall–Kier alpha value is -4.81. The fourth-order valence-electron chi connectivity index (χ4n) is 4.27. The predicted octanol–water partition coefficient (Wildman–Crippen LogP) is 2.91. The molecule has 0 spiro atoms. The zero-order chi connectivity index (χ0) is 27.4. The van der Waals surface area contributed by atoms with Crippen molar-refractivity contribution in [2.45, 2.75) is 6.92 Å². The molecule has 0 radical (unpaired) electrons. The van der Waals surface area contributed by atoms with Gasteiger partial charge in [0.25, 0.3) is 5.91 Å². The SMILES string of the molecule is CC1=C(C(N)=O)C(=O)[N+](c2ccccc2)(c2ccc(Oc3ccnc(NC(=O)NCCO)c3)c(F)c2)N1C. The molecular formula is C26H26FN6O5+. The van der Waals surface area contributed by atoms with Crippen LogP contribution in [0, 0.1) is 5.82 Å². The van der Waals surface area contributed by atoms with E-state index in [1.165, 1.54) is 30.5 Å². The number of amides is 4. The molecule has 0 saturated carbocycles. The van der Waals surface area contributed by atoms with Gasteiger partial charge in [0.1, 0.15) is 11.6 Å². The Labute approximate surface area is 217 Å². The van der Waals surface area contributed by atoms with Gasteiger partial charge in [-0.05, 0) is 19.1 Å². The summed E-state index contributed by atoms with van der Waals surface area (Å²) in [7, 11) is 1.63. The predicted molar refractivity (Wildman–Crippen MR) is 137 cm³/mol. The summed E-state index contributed by atoms with van der Waals surface area (Å²) in [5.41, 5.74) is 6.42. The van der Waals surface area contributed by atoms with Gasteiger partial charge in [0.15, 0.2) is 28.5 Å². The number of benzene rings is 2. The van der Waals surface area contributed by atoms with Crippen LogP contribution < -0.4 is 25.7 Å². The summed E-state index contributed by atoms with van der Waals surface area (Å²) in [4.78, 5) is 41.7. The number of rotatable bonds is 8. The number of primary amides is 1. The van der Waals surface area contributed by atoms with Gasteiger partial charge in [-0.1, -0.05) is 22.8 Å². The smallest absolute Gasteiger partial charge is 0.388 e. The quantitative estimate of drug-likeness (QED) is 0.263. The van der Waals surface area contributed by atoms with Crippen molar-refractivity contribution in [2.75, 3.05) is 25.5 Å². The monoisotopic (exact) mass is 521 g/mol. The van der Waals surface area contributed by atoms with Crippen molar-refractivity contribution in [1.82, 2.24) is 19.9 Å². The van der Waals surface area contributed by atoms with E-state index in [0.717, 1.165) is 6.07 Å². The van der Waals surface area contributed by atoms with Crippen LogP contribution in [0.3, 0.4) is 0 Å². The lowest BCUT2D eigenvalue weighted by atomic mass is 10.1. The third-order valence-electron chi connectivity index (χ3n) is 6.07. The number of aromatic nitrogens is 1. The molecule has 1 atom stereocenters. The number of carbonyl (C=O) groups is 3. The van der Waals surface area contributed by atoms with Gasteiger partial charge in [-0.3, -0.25) is 10.1 Å². The van der Waals surface area contributed by atoms with E-state index in [1.54, 1.807) is 49.3 Å². The first-order valence-corrected chi connectivity index (χ1v) is 11.5. The summed E-state index contributed by atoms with van der Waals surface area (Å²) < 4.78 is 20.5. The zero-order valence-electron chi connectivity index (χ0n) is 20.6. The Kier molecular flexibility index (Phi) is 7.37. The maximum Gasteiger partial charge on any atom is 0.388 e. The number of nitrogens with one attached hydrogen (secondary N) is 2. The van der Waals surface area contributed by atoms with Gasteiger partial charge in [0.05, 0.1) is 19.4 Å². The number of carbonyl (C=O) groups excluding carboxylic acids is 3. The Bertz CT molecular complexity index is 1430. The van der Waals surface area contributed by atoms with Gasteiger partial charge in [0, 0.05) is 43.1 Å². The molecule has 1 aliphatic heterocycles. The second-order valence-corrected chi connectivity index (χ2v) is 8.32. The first-order valence-electron chi connectivity index (χ1n) is 11.5. The lowest BCUT2D eigenvalue weighted by Crippen LogP contribution is -2.55. The molecule has 11 nitrogen and oxygen atoms in total. The molecule has 38 heavy (non-hydrogen) atoms. The molecule has 1 aliphatic rings. The first kappa shape index (κ1) is 26.3. The molecule has 4 amide bonds. The number of aliphatic hydroxyl groups is 1. The summed E-state index contributed by atoms with van der Waals surface area (Å²) in [5, 5.41) is 15.3. The third kappa shape index (κ3) is 4.65. The van der Waals surface area contributed by atoms with E-state index in [9.17, 15) is 14.4 Å². The average Bonchev–Trinajstić information content (AvgIpc) is 3.10. The van der Waals surface area contributed by atoms with E-state index >= 15 is 4.39 Å². The molecule has 2 heterocycles. The second kappa shape index (κ2) is 10.7. The van der Waals surface area contributed by atoms with E-state index in [2.05, 4.69) is 15.6 Å². The molecule has 5 N–H and O–H groups in total. The Balaban J connectivity index is 1.68. The topological polar surface area (TPSA) is 147 Å². The van der Waals surface area contributed by atoms with E-state index in [1.807, 2.05) is 0 Å². The molecule has 2 aromatic carbocycles. The van der Waals surface area contributed by atoms with Crippen LogP contribution in [0.2, 0.25) is 0 Å². The normalized spacial score (nSPS) is 16.9. The number of halogens is 1. The number of urea groups is 1. The lowest BCUT2D eigenvalue weighted by Gasteiger charge is -2.37. The van der Waals surface area contributed by atoms with Gasteiger partial charge in [0.2, 0.25) is 0 Å². The molecule has 0 fully saturated rings. The third-order valence-corrected chi connectivity index (χ3v) is 6.07. The number of nitrogens with zero attached hydrogens (tertiary/aromatic N) is 3. The molecule has 1 unspecified atom stereocenters. The molecule has 12 heteroatoms. The number of quaternary nitrogens is 1. The van der Waals surface area contributed by atoms with Crippen molar-refractivity contribution in [1.29, 1.82) is 0 Å². The summed E-state index contributed by atoms with van der Waals surface area (Å²) in [6.07, 6.45) is 1.37. The summed E-state index contributed by atoms with van der Waals surface area (Å²) in [5.74, 6) is -2.05. The Morgan fingerprint density at radius 2 is 1.87 bits per heavy atom. The Morgan fingerprint density at radius 1 is 1.13 bits per heavy atom. The van der Waals surface area contributed by atoms with Crippen molar-refractivity contribution in [2.24, 2.45) is 5.73 Å². The van der Waals surface area contributed by atoms with Crippen LogP contribution in [-0.4, -0.2) is 53.1 Å². The van der Waals surface area contributed by atoms with Crippen molar-refractivity contribution in [3.8, 4) is 11.5 Å². The molecule has 0 bridgehead atoms. The van der Waals surface area contributed by atoms with Crippen LogP contribution >= 0.6 is 0 Å². The maximum atomic E-state index is 15.4. The van der Waals surface area contributed by atoms with Gasteiger partial charge in [-0.25, -0.2) is 24.0 Å². The molecule has 3 aromatic rings. The van der Waals surface area contributed by atoms with Crippen LogP contribution in [0.4, 0.5) is 26.4 Å². The number of allylic oxidation sites excluding steroid dienone is 1. The highest BCUT2D eigenvalue weighted by Crippen LogP contribution is 2.45. The first-order chi connectivity index (χ1) is 18.2. The van der Waals surface area contributed by atoms with E-state index in [4.69, 9.17) is 15.6 Å².